The molecule has 0 aromatic rings. The molecular weight excluding hydrogens is 110 g/mol. The van der Waals surface area contributed by atoms with Crippen molar-refractivity contribution in [1.29, 1.82) is 0 Å². The second kappa shape index (κ2) is 3.96. The molecule has 1 heteroatoms. The third-order valence-electron chi connectivity index (χ3n) is 0.975. The predicted octanol–water partition coefficient (Wildman–Crippen LogP) is 1.85. The quantitative estimate of drug-likeness (QED) is 0.444. The number of rotatable bonds is 4. The molecule has 0 saturated heterocycles. The van der Waals surface area contributed by atoms with Crippen LogP contribution in [0.3, 0.4) is 0 Å². The van der Waals surface area contributed by atoms with Gasteiger partial charge < -0.3 is 5.32 Å². The molecule has 0 aromatic heterocycles. The van der Waals surface area contributed by atoms with Crippen LogP contribution >= 0.6 is 0 Å². The molecule has 0 saturated carbocycles. The lowest BCUT2D eigenvalue weighted by Crippen LogP contribution is -2.11. The third kappa shape index (κ3) is 3.59. The van der Waals surface area contributed by atoms with Gasteiger partial charge in [0, 0.05) is 12.2 Å². The summed E-state index contributed by atoms with van der Waals surface area (Å²) >= 11 is 0. The Balaban J connectivity index is 3.51. The van der Waals surface area contributed by atoms with E-state index in [9.17, 15) is 0 Å². The lowest BCUT2D eigenvalue weighted by Gasteiger charge is -2.04. The van der Waals surface area contributed by atoms with Gasteiger partial charge in [-0.2, -0.15) is 0 Å². The van der Waals surface area contributed by atoms with Crippen LogP contribution in [0.15, 0.2) is 37.1 Å². The molecule has 0 rings (SSSR count). The summed E-state index contributed by atoms with van der Waals surface area (Å²) < 4.78 is 0. The summed E-state index contributed by atoms with van der Waals surface area (Å²) in [5.74, 6) is 0. The third-order valence-corrected chi connectivity index (χ3v) is 0.975. The van der Waals surface area contributed by atoms with Crippen LogP contribution < -0.4 is 5.32 Å². The van der Waals surface area contributed by atoms with Crippen LogP contribution in [0.1, 0.15) is 6.92 Å². The van der Waals surface area contributed by atoms with Gasteiger partial charge in [0.15, 0.2) is 0 Å². The van der Waals surface area contributed by atoms with Gasteiger partial charge in [-0.1, -0.05) is 19.2 Å². The Bertz CT molecular complexity index is 134. The molecule has 1 N–H and O–H groups in total. The Morgan fingerprint density at radius 2 is 2.11 bits per heavy atom. The highest BCUT2D eigenvalue weighted by molar-refractivity contribution is 5.20. The summed E-state index contributed by atoms with van der Waals surface area (Å²) in [4.78, 5) is 0. The zero-order valence-corrected chi connectivity index (χ0v) is 5.91. The minimum atomic E-state index is 0.756. The second-order valence-corrected chi connectivity index (χ2v) is 1.93. The molecule has 50 valence electrons. The summed E-state index contributed by atoms with van der Waals surface area (Å²) in [5, 5.41) is 3.02. The smallest absolute Gasteiger partial charge is 0.0328 e. The Hall–Kier alpha value is -0.980. The summed E-state index contributed by atoms with van der Waals surface area (Å²) in [7, 11) is 0. The topological polar surface area (TPSA) is 12.0 Å². The first-order valence-corrected chi connectivity index (χ1v) is 2.88. The van der Waals surface area contributed by atoms with Gasteiger partial charge in [-0.25, -0.2) is 0 Å². The van der Waals surface area contributed by atoms with Crippen LogP contribution in [0.4, 0.5) is 0 Å². The van der Waals surface area contributed by atoms with E-state index >= 15 is 0 Å². The second-order valence-electron chi connectivity index (χ2n) is 1.93. The fraction of sp³-hybridized carbons (Fsp3) is 0.250. The molecule has 0 amide bonds. The highest BCUT2D eigenvalue weighted by Gasteiger charge is 1.87. The molecule has 0 atom stereocenters. The molecule has 9 heavy (non-hydrogen) atoms. The molecule has 0 aliphatic carbocycles. The minimum absolute atomic E-state index is 0.756. The van der Waals surface area contributed by atoms with Crippen LogP contribution in [-0.4, -0.2) is 6.54 Å². The summed E-state index contributed by atoms with van der Waals surface area (Å²) in [6.45, 7) is 13.7. The first-order chi connectivity index (χ1) is 4.18. The lowest BCUT2D eigenvalue weighted by molar-refractivity contribution is 0.922. The average Bonchev–Trinajstić information content (AvgIpc) is 1.82. The molecule has 0 aliphatic heterocycles. The van der Waals surface area contributed by atoms with Gasteiger partial charge in [0.05, 0.1) is 0 Å². The number of nitrogens with one attached hydrogen (secondary N) is 1. The zero-order valence-electron chi connectivity index (χ0n) is 5.91. The Kier molecular flexibility index (Phi) is 3.52. The van der Waals surface area contributed by atoms with Gasteiger partial charge in [0.25, 0.3) is 0 Å². The van der Waals surface area contributed by atoms with Crippen molar-refractivity contribution in [3.05, 3.63) is 37.1 Å². The first kappa shape index (κ1) is 8.02. The van der Waals surface area contributed by atoms with Crippen molar-refractivity contribution in [2.75, 3.05) is 6.54 Å². The van der Waals surface area contributed by atoms with Crippen molar-refractivity contribution in [1.82, 2.24) is 5.32 Å². The number of hydrogen-bond donors (Lipinski definition) is 1. The van der Waals surface area contributed by atoms with Gasteiger partial charge in [-0.15, -0.1) is 6.58 Å². The van der Waals surface area contributed by atoms with E-state index < -0.39 is 0 Å². The van der Waals surface area contributed by atoms with Crippen LogP contribution in [0.5, 0.6) is 0 Å². The molecule has 0 aromatic carbocycles. The Morgan fingerprint density at radius 3 is 2.44 bits per heavy atom. The fourth-order valence-corrected chi connectivity index (χ4v) is 0.346. The van der Waals surface area contributed by atoms with Gasteiger partial charge in [0.2, 0.25) is 0 Å². The summed E-state index contributed by atoms with van der Waals surface area (Å²) in [6, 6.07) is 0. The molecule has 0 fully saturated rings. The minimum Gasteiger partial charge on any atom is -0.382 e. The SMILES string of the molecule is C=CCNC(=C)C(=C)C. The van der Waals surface area contributed by atoms with Crippen LogP contribution in [0.25, 0.3) is 0 Å². The van der Waals surface area contributed by atoms with E-state index in [4.69, 9.17) is 0 Å². The van der Waals surface area contributed by atoms with E-state index in [-0.39, 0.29) is 0 Å². The number of allylic oxidation sites excluding steroid dienone is 1. The predicted molar refractivity (Wildman–Crippen MR) is 42.2 cm³/mol. The van der Waals surface area contributed by atoms with E-state index in [0.717, 1.165) is 17.8 Å². The maximum atomic E-state index is 3.73. The van der Waals surface area contributed by atoms with Crippen molar-refractivity contribution < 1.29 is 0 Å². The van der Waals surface area contributed by atoms with E-state index in [1.54, 1.807) is 6.08 Å². The zero-order chi connectivity index (χ0) is 7.28. The standard InChI is InChI=1S/C8H13N/c1-5-6-9-8(4)7(2)3/h5,9H,1-2,4,6H2,3H3. The Morgan fingerprint density at radius 1 is 1.56 bits per heavy atom. The average molecular weight is 123 g/mol. The largest absolute Gasteiger partial charge is 0.382 e. The number of hydrogen-bond acceptors (Lipinski definition) is 1. The maximum absolute atomic E-state index is 3.73. The van der Waals surface area contributed by atoms with Crippen LogP contribution in [0.2, 0.25) is 0 Å². The highest BCUT2D eigenvalue weighted by atomic mass is 14.9. The fourth-order valence-electron chi connectivity index (χ4n) is 0.346. The molecule has 0 bridgehead atoms. The molecule has 0 aliphatic rings. The van der Waals surface area contributed by atoms with Gasteiger partial charge >= 0.3 is 0 Å². The van der Waals surface area contributed by atoms with Crippen molar-refractivity contribution in [2.24, 2.45) is 0 Å². The van der Waals surface area contributed by atoms with Crippen molar-refractivity contribution in [3.63, 3.8) is 0 Å². The van der Waals surface area contributed by atoms with Crippen molar-refractivity contribution in [2.45, 2.75) is 6.92 Å². The molecular formula is C8H13N. The van der Waals surface area contributed by atoms with E-state index in [1.807, 2.05) is 6.92 Å². The molecule has 1 nitrogen and oxygen atoms in total. The Labute approximate surface area is 56.8 Å². The van der Waals surface area contributed by atoms with E-state index in [2.05, 4.69) is 25.1 Å². The van der Waals surface area contributed by atoms with Crippen LogP contribution in [-0.2, 0) is 0 Å². The van der Waals surface area contributed by atoms with E-state index in [1.165, 1.54) is 0 Å². The van der Waals surface area contributed by atoms with Gasteiger partial charge in [-0.3, -0.25) is 0 Å². The first-order valence-electron chi connectivity index (χ1n) is 2.88. The monoisotopic (exact) mass is 123 g/mol. The molecule has 0 heterocycles. The van der Waals surface area contributed by atoms with Crippen molar-refractivity contribution in [3.8, 4) is 0 Å². The van der Waals surface area contributed by atoms with Gasteiger partial charge in [0.1, 0.15) is 0 Å². The van der Waals surface area contributed by atoms with Gasteiger partial charge in [-0.05, 0) is 12.5 Å². The lowest BCUT2D eigenvalue weighted by atomic mass is 10.3. The molecule has 0 radical (unpaired) electrons. The van der Waals surface area contributed by atoms with Crippen molar-refractivity contribution >= 4 is 0 Å². The highest BCUT2D eigenvalue weighted by Crippen LogP contribution is 1.96. The van der Waals surface area contributed by atoms with Crippen LogP contribution in [0, 0.1) is 0 Å². The molecule has 0 unspecified atom stereocenters. The normalized spacial score (nSPS) is 8.11. The maximum Gasteiger partial charge on any atom is 0.0328 e. The summed E-state index contributed by atoms with van der Waals surface area (Å²) in [6.07, 6.45) is 1.79. The molecule has 0 spiro atoms. The van der Waals surface area contributed by atoms with E-state index in [0.29, 0.717) is 0 Å². The summed E-state index contributed by atoms with van der Waals surface area (Å²) in [5.41, 5.74) is 1.85.